The average molecular weight is 289 g/mol. The second-order valence-electron chi connectivity index (χ2n) is 4.39. The van der Waals surface area contributed by atoms with Gasteiger partial charge in [0.25, 0.3) is 0 Å². The van der Waals surface area contributed by atoms with E-state index in [9.17, 15) is 0 Å². The number of ether oxygens (including phenoxy) is 2. The van der Waals surface area contributed by atoms with E-state index in [4.69, 9.17) is 9.47 Å². The van der Waals surface area contributed by atoms with Gasteiger partial charge in [-0.1, -0.05) is 0 Å². The quantitative estimate of drug-likeness (QED) is 0.873. The highest BCUT2D eigenvalue weighted by Crippen LogP contribution is 2.23. The van der Waals surface area contributed by atoms with Gasteiger partial charge < -0.3 is 19.7 Å². The highest BCUT2D eigenvalue weighted by Gasteiger charge is 2.09. The summed E-state index contributed by atoms with van der Waals surface area (Å²) in [7, 11) is 5.46. The predicted octanol–water partition coefficient (Wildman–Crippen LogP) is 2.17. The number of aromatic nitrogens is 3. The maximum absolute atomic E-state index is 5.66. The van der Waals surface area contributed by atoms with E-state index in [2.05, 4.69) is 20.3 Å². The van der Waals surface area contributed by atoms with Crippen molar-refractivity contribution in [2.75, 3.05) is 38.0 Å². The summed E-state index contributed by atoms with van der Waals surface area (Å²) < 4.78 is 11.0. The zero-order valence-electron chi connectivity index (χ0n) is 12.6. The van der Waals surface area contributed by atoms with Crippen LogP contribution in [0.3, 0.4) is 0 Å². The van der Waals surface area contributed by atoms with Crippen LogP contribution in [0.2, 0.25) is 0 Å². The van der Waals surface area contributed by atoms with Crippen molar-refractivity contribution in [1.29, 1.82) is 0 Å². The first kappa shape index (κ1) is 14.8. The molecule has 0 fully saturated rings. The second-order valence-corrected chi connectivity index (χ2v) is 4.39. The second kappa shape index (κ2) is 6.74. The predicted molar refractivity (Wildman–Crippen MR) is 81.4 cm³/mol. The monoisotopic (exact) mass is 289 g/mol. The molecule has 1 aromatic heterocycles. The molecule has 0 spiro atoms. The van der Waals surface area contributed by atoms with Crippen molar-refractivity contribution >= 4 is 11.9 Å². The summed E-state index contributed by atoms with van der Waals surface area (Å²) in [5.74, 6) is 2.41. The lowest BCUT2D eigenvalue weighted by molar-refractivity contribution is 0.339. The SMILES string of the molecule is CCOc1ccc(Oc2nc(NC)nc(N(C)C)n2)cc1. The molecule has 0 aliphatic carbocycles. The summed E-state index contributed by atoms with van der Waals surface area (Å²) in [5, 5.41) is 2.89. The molecular formula is C14H19N5O2. The van der Waals surface area contributed by atoms with Gasteiger partial charge >= 0.3 is 6.01 Å². The molecule has 0 amide bonds. The molecule has 112 valence electrons. The topological polar surface area (TPSA) is 72.4 Å². The van der Waals surface area contributed by atoms with E-state index in [1.807, 2.05) is 45.3 Å². The molecule has 2 aromatic rings. The van der Waals surface area contributed by atoms with Gasteiger partial charge in [-0.2, -0.15) is 15.0 Å². The summed E-state index contributed by atoms with van der Waals surface area (Å²) in [4.78, 5) is 14.4. The molecule has 21 heavy (non-hydrogen) atoms. The van der Waals surface area contributed by atoms with Crippen LogP contribution in [0.15, 0.2) is 24.3 Å². The number of nitrogens with one attached hydrogen (secondary N) is 1. The average Bonchev–Trinajstić information content (AvgIpc) is 2.49. The lowest BCUT2D eigenvalue weighted by atomic mass is 10.3. The van der Waals surface area contributed by atoms with Gasteiger partial charge in [0.15, 0.2) is 0 Å². The summed E-state index contributed by atoms with van der Waals surface area (Å²) in [6.45, 7) is 2.57. The van der Waals surface area contributed by atoms with Crippen LogP contribution in [0.5, 0.6) is 17.5 Å². The summed E-state index contributed by atoms with van der Waals surface area (Å²) >= 11 is 0. The number of anilines is 2. The van der Waals surface area contributed by atoms with Gasteiger partial charge in [-0.15, -0.1) is 0 Å². The van der Waals surface area contributed by atoms with Gasteiger partial charge in [-0.05, 0) is 31.2 Å². The third kappa shape index (κ3) is 3.95. The van der Waals surface area contributed by atoms with E-state index >= 15 is 0 Å². The highest BCUT2D eigenvalue weighted by atomic mass is 16.5. The minimum Gasteiger partial charge on any atom is -0.494 e. The third-order valence-electron chi connectivity index (χ3n) is 2.57. The lowest BCUT2D eigenvalue weighted by Crippen LogP contribution is -2.15. The Hall–Kier alpha value is -2.57. The number of hydrogen-bond acceptors (Lipinski definition) is 7. The van der Waals surface area contributed by atoms with Gasteiger partial charge in [0.2, 0.25) is 11.9 Å². The van der Waals surface area contributed by atoms with Crippen LogP contribution in [-0.2, 0) is 0 Å². The van der Waals surface area contributed by atoms with Crippen molar-refractivity contribution in [3.8, 4) is 17.5 Å². The van der Waals surface area contributed by atoms with Crippen molar-refractivity contribution in [3.05, 3.63) is 24.3 Å². The maximum Gasteiger partial charge on any atom is 0.328 e. The molecule has 0 atom stereocenters. The molecule has 0 saturated carbocycles. The molecule has 0 bridgehead atoms. The Bertz CT molecular complexity index is 586. The van der Waals surface area contributed by atoms with Gasteiger partial charge in [-0.25, -0.2) is 0 Å². The van der Waals surface area contributed by atoms with Crippen LogP contribution in [0.1, 0.15) is 6.92 Å². The van der Waals surface area contributed by atoms with Crippen molar-refractivity contribution < 1.29 is 9.47 Å². The molecule has 1 heterocycles. The number of hydrogen-bond donors (Lipinski definition) is 1. The minimum absolute atomic E-state index is 0.238. The van der Waals surface area contributed by atoms with E-state index in [-0.39, 0.29) is 6.01 Å². The smallest absolute Gasteiger partial charge is 0.328 e. The van der Waals surface area contributed by atoms with Gasteiger partial charge in [-0.3, -0.25) is 0 Å². The first-order chi connectivity index (χ1) is 10.1. The molecule has 0 aliphatic heterocycles. The van der Waals surface area contributed by atoms with E-state index in [0.29, 0.717) is 24.3 Å². The van der Waals surface area contributed by atoms with Crippen LogP contribution >= 0.6 is 0 Å². The Labute approximate surface area is 124 Å². The van der Waals surface area contributed by atoms with Crippen LogP contribution in [0.25, 0.3) is 0 Å². The molecule has 0 radical (unpaired) electrons. The van der Waals surface area contributed by atoms with Crippen LogP contribution in [-0.4, -0.2) is 42.7 Å². The molecule has 2 rings (SSSR count). The standard InChI is InChI=1S/C14H19N5O2/c1-5-20-10-6-8-11(9-7-10)21-14-17-12(15-2)16-13(18-14)19(3)4/h6-9H,5H2,1-4H3,(H,15,16,17,18). The van der Waals surface area contributed by atoms with Gasteiger partial charge in [0.1, 0.15) is 11.5 Å². The van der Waals surface area contributed by atoms with Gasteiger partial charge in [0.05, 0.1) is 6.61 Å². The molecule has 0 saturated heterocycles. The highest BCUT2D eigenvalue weighted by molar-refractivity contribution is 5.38. The largest absolute Gasteiger partial charge is 0.494 e. The Kier molecular flexibility index (Phi) is 4.76. The van der Waals surface area contributed by atoms with E-state index in [1.54, 1.807) is 11.9 Å². The van der Waals surface area contributed by atoms with Crippen molar-refractivity contribution in [1.82, 2.24) is 15.0 Å². The Morgan fingerprint density at radius 3 is 2.29 bits per heavy atom. The molecule has 7 heteroatoms. The first-order valence-electron chi connectivity index (χ1n) is 6.64. The molecule has 0 unspecified atom stereocenters. The summed E-state index contributed by atoms with van der Waals surface area (Å²) in [6, 6.07) is 7.53. The third-order valence-corrected chi connectivity index (χ3v) is 2.57. The zero-order valence-corrected chi connectivity index (χ0v) is 12.6. The first-order valence-corrected chi connectivity index (χ1v) is 6.64. The zero-order chi connectivity index (χ0) is 15.2. The molecule has 1 N–H and O–H groups in total. The maximum atomic E-state index is 5.66. The Morgan fingerprint density at radius 1 is 1.05 bits per heavy atom. The van der Waals surface area contributed by atoms with E-state index in [1.165, 1.54) is 0 Å². The fraction of sp³-hybridized carbons (Fsp3) is 0.357. The lowest BCUT2D eigenvalue weighted by Gasteiger charge is -2.12. The van der Waals surface area contributed by atoms with Crippen molar-refractivity contribution in [2.24, 2.45) is 0 Å². The molecule has 7 nitrogen and oxygen atoms in total. The van der Waals surface area contributed by atoms with E-state index in [0.717, 1.165) is 5.75 Å². The fourth-order valence-electron chi connectivity index (χ4n) is 1.58. The van der Waals surface area contributed by atoms with Crippen LogP contribution in [0, 0.1) is 0 Å². The van der Waals surface area contributed by atoms with Gasteiger partial charge in [0, 0.05) is 21.1 Å². The molecule has 0 aliphatic rings. The number of rotatable bonds is 6. The molecular weight excluding hydrogens is 270 g/mol. The summed E-state index contributed by atoms with van der Waals surface area (Å²) in [6.07, 6.45) is 0. The van der Waals surface area contributed by atoms with E-state index < -0.39 is 0 Å². The fourth-order valence-corrected chi connectivity index (χ4v) is 1.58. The number of benzene rings is 1. The Morgan fingerprint density at radius 2 is 1.71 bits per heavy atom. The number of nitrogens with zero attached hydrogens (tertiary/aromatic N) is 4. The van der Waals surface area contributed by atoms with Crippen LogP contribution < -0.4 is 19.7 Å². The molecule has 1 aromatic carbocycles. The van der Waals surface area contributed by atoms with Crippen molar-refractivity contribution in [2.45, 2.75) is 6.92 Å². The Balaban J connectivity index is 2.19. The summed E-state index contributed by atoms with van der Waals surface area (Å²) in [5.41, 5.74) is 0. The van der Waals surface area contributed by atoms with Crippen LogP contribution in [0.4, 0.5) is 11.9 Å². The van der Waals surface area contributed by atoms with Crippen molar-refractivity contribution in [3.63, 3.8) is 0 Å². The normalized spacial score (nSPS) is 10.1. The minimum atomic E-state index is 0.238.